The van der Waals surface area contributed by atoms with Gasteiger partial charge >= 0.3 is 0 Å². The third kappa shape index (κ3) is 2.02. The van der Waals surface area contributed by atoms with Crippen LogP contribution in [0.1, 0.15) is 12.8 Å². The van der Waals surface area contributed by atoms with E-state index in [1.807, 2.05) is 0 Å². The lowest BCUT2D eigenvalue weighted by atomic mass is 10.2. The highest BCUT2D eigenvalue weighted by Gasteiger charge is 2.22. The number of hydrogen-bond acceptors (Lipinski definition) is 5. The fraction of sp³-hybridized carbons (Fsp3) is 0.571. The Morgan fingerprint density at radius 2 is 2.69 bits per heavy atom. The van der Waals surface area contributed by atoms with Crippen molar-refractivity contribution < 1.29 is 4.79 Å². The molecule has 0 saturated carbocycles. The van der Waals surface area contributed by atoms with Crippen LogP contribution in [0.3, 0.4) is 0 Å². The van der Waals surface area contributed by atoms with E-state index < -0.39 is 0 Å². The first-order valence-electron chi connectivity index (χ1n) is 4.18. The Bertz CT molecular complexity index is 281. The topological polar surface area (TPSA) is 66.9 Å². The van der Waals surface area contributed by atoms with E-state index in [0.29, 0.717) is 5.00 Å². The molecule has 0 aromatic carbocycles. The van der Waals surface area contributed by atoms with Gasteiger partial charge in [-0.1, -0.05) is 4.49 Å². The Morgan fingerprint density at radius 3 is 3.31 bits per heavy atom. The molecule has 2 heterocycles. The van der Waals surface area contributed by atoms with E-state index >= 15 is 0 Å². The summed E-state index contributed by atoms with van der Waals surface area (Å²) in [7, 11) is 0. The first-order valence-corrected chi connectivity index (χ1v) is 4.95. The molecule has 6 heteroatoms. The molecule has 1 fully saturated rings. The van der Waals surface area contributed by atoms with Crippen LogP contribution in [0.4, 0.5) is 5.00 Å². The number of amides is 1. The molecule has 0 radical (unpaired) electrons. The summed E-state index contributed by atoms with van der Waals surface area (Å²) in [5, 5.41) is 10.2. The van der Waals surface area contributed by atoms with E-state index in [4.69, 9.17) is 0 Å². The fourth-order valence-electron chi connectivity index (χ4n) is 1.34. The predicted molar refractivity (Wildman–Crippen MR) is 49.6 cm³/mol. The van der Waals surface area contributed by atoms with Crippen LogP contribution in [0.15, 0.2) is 6.20 Å². The van der Waals surface area contributed by atoms with Crippen molar-refractivity contribution in [2.75, 3.05) is 11.9 Å². The summed E-state index contributed by atoms with van der Waals surface area (Å²) in [6.45, 7) is 0.930. The van der Waals surface area contributed by atoms with Crippen molar-refractivity contribution >= 4 is 22.4 Å². The highest BCUT2D eigenvalue weighted by molar-refractivity contribution is 7.10. The first-order chi connectivity index (χ1) is 6.36. The van der Waals surface area contributed by atoms with E-state index in [0.717, 1.165) is 19.4 Å². The summed E-state index contributed by atoms with van der Waals surface area (Å²) in [5.41, 5.74) is 0. The lowest BCUT2D eigenvalue weighted by Gasteiger charge is -2.08. The maximum Gasteiger partial charge on any atom is 0.242 e. The second kappa shape index (κ2) is 3.80. The third-order valence-corrected chi connectivity index (χ3v) is 2.56. The average Bonchev–Trinajstić information content (AvgIpc) is 2.74. The Hall–Kier alpha value is -1.01. The van der Waals surface area contributed by atoms with Crippen LogP contribution in [-0.4, -0.2) is 28.1 Å². The molecule has 1 aromatic heterocycles. The summed E-state index contributed by atoms with van der Waals surface area (Å²) in [4.78, 5) is 11.5. The van der Waals surface area contributed by atoms with Gasteiger partial charge in [-0.25, -0.2) is 0 Å². The number of nitrogens with one attached hydrogen (secondary N) is 2. The smallest absolute Gasteiger partial charge is 0.242 e. The lowest BCUT2D eigenvalue weighted by molar-refractivity contribution is -0.117. The molecule has 1 aliphatic heterocycles. The van der Waals surface area contributed by atoms with E-state index in [9.17, 15) is 4.79 Å². The molecule has 0 spiro atoms. The van der Waals surface area contributed by atoms with Crippen LogP contribution in [0.2, 0.25) is 0 Å². The van der Waals surface area contributed by atoms with Crippen LogP contribution in [0.5, 0.6) is 0 Å². The highest BCUT2D eigenvalue weighted by Crippen LogP contribution is 2.12. The highest BCUT2D eigenvalue weighted by atomic mass is 32.1. The van der Waals surface area contributed by atoms with Gasteiger partial charge in [-0.3, -0.25) is 4.79 Å². The molecule has 1 atom stereocenters. The van der Waals surface area contributed by atoms with Gasteiger partial charge in [0.25, 0.3) is 0 Å². The van der Waals surface area contributed by atoms with Crippen molar-refractivity contribution in [3.05, 3.63) is 6.20 Å². The van der Waals surface area contributed by atoms with Crippen molar-refractivity contribution in [3.8, 4) is 0 Å². The maximum absolute atomic E-state index is 11.5. The van der Waals surface area contributed by atoms with Crippen molar-refractivity contribution in [1.82, 2.24) is 14.9 Å². The van der Waals surface area contributed by atoms with Gasteiger partial charge in [-0.15, -0.1) is 5.10 Å². The van der Waals surface area contributed by atoms with Gasteiger partial charge in [0.05, 0.1) is 12.2 Å². The monoisotopic (exact) mass is 198 g/mol. The Labute approximate surface area is 79.7 Å². The fourth-order valence-corrected chi connectivity index (χ4v) is 1.76. The minimum atomic E-state index is -0.0397. The van der Waals surface area contributed by atoms with Crippen LogP contribution in [-0.2, 0) is 4.79 Å². The predicted octanol–water partition coefficient (Wildman–Crippen LogP) is 0.229. The number of hydrogen-bond donors (Lipinski definition) is 2. The summed E-state index contributed by atoms with van der Waals surface area (Å²) < 4.78 is 3.66. The summed E-state index contributed by atoms with van der Waals surface area (Å²) in [6, 6.07) is -0.0397. The normalized spacial score (nSPS) is 21.7. The molecule has 2 N–H and O–H groups in total. The molecule has 2 rings (SSSR count). The average molecular weight is 198 g/mol. The van der Waals surface area contributed by atoms with Crippen LogP contribution >= 0.6 is 11.5 Å². The standard InChI is InChI=1S/C7H10N4OS/c12-7(5-2-1-3-8-5)10-6-4-9-11-13-6/h4-5,8H,1-3H2,(H,10,12)/t5-/m0/s1. The summed E-state index contributed by atoms with van der Waals surface area (Å²) in [6.07, 6.45) is 3.54. The van der Waals surface area contributed by atoms with Crippen molar-refractivity contribution in [3.63, 3.8) is 0 Å². The molecule has 1 amide bonds. The van der Waals surface area contributed by atoms with E-state index in [-0.39, 0.29) is 11.9 Å². The van der Waals surface area contributed by atoms with Gasteiger partial charge in [0.15, 0.2) is 0 Å². The van der Waals surface area contributed by atoms with Crippen molar-refractivity contribution in [1.29, 1.82) is 0 Å². The van der Waals surface area contributed by atoms with E-state index in [1.165, 1.54) is 11.5 Å². The number of nitrogens with zero attached hydrogens (tertiary/aromatic N) is 2. The van der Waals surface area contributed by atoms with E-state index in [1.54, 1.807) is 6.20 Å². The molecule has 0 bridgehead atoms. The van der Waals surface area contributed by atoms with E-state index in [2.05, 4.69) is 20.2 Å². The lowest BCUT2D eigenvalue weighted by Crippen LogP contribution is -2.35. The SMILES string of the molecule is O=C(Nc1cnns1)[C@@H]1CCCN1. The number of anilines is 1. The molecular weight excluding hydrogens is 188 g/mol. The molecule has 1 aliphatic rings. The number of aromatic nitrogens is 2. The van der Waals surface area contributed by atoms with Gasteiger partial charge in [0, 0.05) is 11.5 Å². The first kappa shape index (κ1) is 8.58. The second-order valence-corrected chi connectivity index (χ2v) is 3.71. The second-order valence-electron chi connectivity index (χ2n) is 2.92. The van der Waals surface area contributed by atoms with Gasteiger partial charge in [-0.2, -0.15) is 0 Å². The molecule has 0 aliphatic carbocycles. The third-order valence-electron chi connectivity index (χ3n) is 1.98. The minimum Gasteiger partial charge on any atom is -0.314 e. The summed E-state index contributed by atoms with van der Waals surface area (Å²) in [5.74, 6) is 0.0172. The molecule has 1 aromatic rings. The zero-order valence-electron chi connectivity index (χ0n) is 6.99. The van der Waals surface area contributed by atoms with Crippen molar-refractivity contribution in [2.24, 2.45) is 0 Å². The number of carbonyl (C=O) groups excluding carboxylic acids is 1. The summed E-state index contributed by atoms with van der Waals surface area (Å²) >= 11 is 1.19. The number of rotatable bonds is 2. The molecular formula is C7H10N4OS. The van der Waals surface area contributed by atoms with Crippen LogP contribution in [0.25, 0.3) is 0 Å². The quantitative estimate of drug-likeness (QED) is 0.713. The molecule has 70 valence electrons. The Morgan fingerprint density at radius 1 is 1.77 bits per heavy atom. The zero-order valence-corrected chi connectivity index (χ0v) is 7.80. The molecule has 5 nitrogen and oxygen atoms in total. The maximum atomic E-state index is 11.5. The Kier molecular flexibility index (Phi) is 2.51. The number of carbonyl (C=O) groups is 1. The van der Waals surface area contributed by atoms with Gasteiger partial charge < -0.3 is 10.6 Å². The van der Waals surface area contributed by atoms with Gasteiger partial charge in [0.1, 0.15) is 5.00 Å². The zero-order chi connectivity index (χ0) is 9.10. The van der Waals surface area contributed by atoms with Gasteiger partial charge in [0.2, 0.25) is 5.91 Å². The molecule has 13 heavy (non-hydrogen) atoms. The molecule has 0 unspecified atom stereocenters. The van der Waals surface area contributed by atoms with Crippen LogP contribution < -0.4 is 10.6 Å². The molecule has 1 saturated heterocycles. The van der Waals surface area contributed by atoms with Crippen molar-refractivity contribution in [2.45, 2.75) is 18.9 Å². The van der Waals surface area contributed by atoms with Crippen LogP contribution in [0, 0.1) is 0 Å². The largest absolute Gasteiger partial charge is 0.314 e. The minimum absolute atomic E-state index is 0.0172. The Balaban J connectivity index is 1.91. The van der Waals surface area contributed by atoms with Gasteiger partial charge in [-0.05, 0) is 19.4 Å².